The summed E-state index contributed by atoms with van der Waals surface area (Å²) in [5.74, 6) is 1.65. The molecule has 0 aliphatic carbocycles. The number of aldehydes is 1. The number of carboxylic acid groups (broad SMARTS) is 1. The molecule has 0 radical (unpaired) electrons. The highest BCUT2D eigenvalue weighted by Gasteiger charge is 2.33. The summed E-state index contributed by atoms with van der Waals surface area (Å²) in [4.78, 5) is 30.1. The van der Waals surface area contributed by atoms with Gasteiger partial charge in [-0.15, -0.1) is 0 Å². The molecule has 0 spiro atoms. The molecule has 8 nitrogen and oxygen atoms in total. The highest BCUT2D eigenvalue weighted by molar-refractivity contribution is 8.12. The van der Waals surface area contributed by atoms with Crippen LogP contribution in [0.2, 0.25) is 0 Å². The molecule has 0 saturated carbocycles. The molecule has 1 aromatic rings. The zero-order valence-corrected chi connectivity index (χ0v) is 29.9. The fourth-order valence-corrected chi connectivity index (χ4v) is 5.82. The second kappa shape index (κ2) is 24.6. The molecule has 0 amide bonds. The van der Waals surface area contributed by atoms with Gasteiger partial charge in [0.1, 0.15) is 12.0 Å². The molecule has 2 heterocycles. The lowest BCUT2D eigenvalue weighted by molar-refractivity contribution is -0.108. The van der Waals surface area contributed by atoms with E-state index in [-0.39, 0.29) is 0 Å². The molecule has 254 valence electrons. The average molecular weight is 637 g/mol. The predicted octanol–water partition coefficient (Wildman–Crippen LogP) is 6.58. The van der Waals surface area contributed by atoms with Crippen LogP contribution in [0, 0.1) is 0 Å². The quantitative estimate of drug-likeness (QED) is 0.180. The number of rotatable bonds is 18. The summed E-state index contributed by atoms with van der Waals surface area (Å²) in [6.07, 6.45) is 13.2. The molecule has 1 saturated heterocycles. The van der Waals surface area contributed by atoms with E-state index in [2.05, 4.69) is 79.7 Å². The van der Waals surface area contributed by atoms with Crippen LogP contribution in [0.15, 0.2) is 18.2 Å². The minimum atomic E-state index is -0.829. The van der Waals surface area contributed by atoms with Crippen LogP contribution < -0.4 is 4.74 Å². The van der Waals surface area contributed by atoms with Crippen molar-refractivity contribution in [2.45, 2.75) is 90.5 Å². The third-order valence-corrected chi connectivity index (χ3v) is 8.86. The van der Waals surface area contributed by atoms with E-state index < -0.39 is 5.30 Å². The van der Waals surface area contributed by atoms with E-state index in [0.29, 0.717) is 18.4 Å². The first-order valence-electron chi connectivity index (χ1n) is 16.9. The van der Waals surface area contributed by atoms with E-state index in [9.17, 15) is 9.59 Å². The van der Waals surface area contributed by atoms with E-state index >= 15 is 0 Å². The summed E-state index contributed by atoms with van der Waals surface area (Å²) in [6.45, 7) is 16.8. The first-order valence-corrected chi connectivity index (χ1v) is 18.2. The van der Waals surface area contributed by atoms with Crippen LogP contribution in [0.25, 0.3) is 0 Å². The highest BCUT2D eigenvalue weighted by Crippen LogP contribution is 2.36. The summed E-state index contributed by atoms with van der Waals surface area (Å²) >= 11 is 0.796. The van der Waals surface area contributed by atoms with Crippen LogP contribution in [0.5, 0.6) is 5.75 Å². The van der Waals surface area contributed by atoms with E-state index in [1.807, 2.05) is 0 Å². The molecule has 2 atom stereocenters. The zero-order valence-electron chi connectivity index (χ0n) is 29.1. The molecule has 1 fully saturated rings. The predicted molar refractivity (Wildman–Crippen MR) is 188 cm³/mol. The largest absolute Gasteiger partial charge is 0.493 e. The third-order valence-electron chi connectivity index (χ3n) is 8.51. The van der Waals surface area contributed by atoms with Gasteiger partial charge in [0.25, 0.3) is 0 Å². The minimum absolute atomic E-state index is 0.582. The van der Waals surface area contributed by atoms with Gasteiger partial charge >= 0.3 is 5.30 Å². The zero-order chi connectivity index (χ0) is 32.7. The maximum atomic E-state index is 10.9. The first-order chi connectivity index (χ1) is 21.2. The van der Waals surface area contributed by atoms with E-state index in [4.69, 9.17) is 9.84 Å². The van der Waals surface area contributed by atoms with Gasteiger partial charge in [-0.2, -0.15) is 0 Å². The van der Waals surface area contributed by atoms with Gasteiger partial charge in [-0.1, -0.05) is 45.7 Å². The van der Waals surface area contributed by atoms with Crippen molar-refractivity contribution in [3.63, 3.8) is 0 Å². The Morgan fingerprint density at radius 1 is 1.05 bits per heavy atom. The van der Waals surface area contributed by atoms with Crippen LogP contribution in [-0.2, 0) is 11.2 Å². The van der Waals surface area contributed by atoms with Crippen LogP contribution in [0.1, 0.15) is 89.2 Å². The van der Waals surface area contributed by atoms with E-state index in [1.54, 1.807) is 0 Å². The summed E-state index contributed by atoms with van der Waals surface area (Å²) in [5.41, 5.74) is 2.82. The van der Waals surface area contributed by atoms with Crippen molar-refractivity contribution < 1.29 is 19.4 Å². The Bertz CT molecular complexity index is 903. The molecule has 3 rings (SSSR count). The normalized spacial score (nSPS) is 17.6. The summed E-state index contributed by atoms with van der Waals surface area (Å²) in [7, 11) is 6.48. The van der Waals surface area contributed by atoms with Gasteiger partial charge in [0.15, 0.2) is 0 Å². The lowest BCUT2D eigenvalue weighted by atomic mass is 9.93. The Morgan fingerprint density at radius 3 is 2.34 bits per heavy atom. The molecular weight excluding hydrogens is 572 g/mol. The van der Waals surface area contributed by atoms with E-state index in [1.165, 1.54) is 95.1 Å². The lowest BCUT2D eigenvalue weighted by Gasteiger charge is -2.27. The van der Waals surface area contributed by atoms with Gasteiger partial charge < -0.3 is 29.3 Å². The maximum Gasteiger partial charge on any atom is 0.364 e. The molecule has 9 heteroatoms. The molecule has 1 N–H and O–H groups in total. The van der Waals surface area contributed by atoms with Crippen molar-refractivity contribution in [3.8, 4) is 5.75 Å². The smallest absolute Gasteiger partial charge is 0.364 e. The summed E-state index contributed by atoms with van der Waals surface area (Å²) in [5, 5.41) is 6.86. The standard InChI is InChI=1S/C23H36N2O2.C10H24N2.C2H4O2S/c1-3-5-11-24(4-2)13-9-22-17-21(18-25(22)12-6-14-26)19-7-8-23-20(16-19)10-15-27-23;1-5-6-9-12(4)10-7-8-11(2)3;1-5-2(3)4/h7-8,14,16,21-22H,3-6,9-13,15,17-18H2,1-2H3;5-10H2,1-4H3;1H3,(H,3,4). The Labute approximate surface area is 273 Å². The van der Waals surface area contributed by atoms with Crippen molar-refractivity contribution in [2.75, 3.05) is 86.4 Å². The Hall–Kier alpha value is -1.65. The van der Waals surface area contributed by atoms with Crippen LogP contribution >= 0.6 is 11.8 Å². The minimum Gasteiger partial charge on any atom is -0.493 e. The number of hydrogen-bond acceptors (Lipinski definition) is 8. The molecule has 1 aromatic carbocycles. The molecule has 2 unspecified atom stereocenters. The van der Waals surface area contributed by atoms with Gasteiger partial charge in [-0.25, -0.2) is 4.79 Å². The lowest BCUT2D eigenvalue weighted by Crippen LogP contribution is -2.35. The molecule has 44 heavy (non-hydrogen) atoms. The summed E-state index contributed by atoms with van der Waals surface area (Å²) < 4.78 is 5.67. The van der Waals surface area contributed by atoms with Crippen molar-refractivity contribution >= 4 is 23.3 Å². The number of likely N-dealkylation sites (tertiary alicyclic amines) is 1. The summed E-state index contributed by atoms with van der Waals surface area (Å²) in [6, 6.07) is 7.38. The first kappa shape index (κ1) is 40.4. The van der Waals surface area contributed by atoms with Gasteiger partial charge in [0, 0.05) is 32.0 Å². The Kier molecular flexibility index (Phi) is 22.5. The molecule has 0 aromatic heterocycles. The average Bonchev–Trinajstić information content (AvgIpc) is 3.66. The van der Waals surface area contributed by atoms with E-state index in [0.717, 1.165) is 56.5 Å². The number of nitrogens with zero attached hydrogens (tertiary/aromatic N) is 4. The van der Waals surface area contributed by atoms with Gasteiger partial charge in [0.2, 0.25) is 0 Å². The molecular formula is C35H64N4O4S. The second-order valence-electron chi connectivity index (χ2n) is 12.4. The second-order valence-corrected chi connectivity index (χ2v) is 13.1. The number of hydrogen-bond donors (Lipinski definition) is 1. The monoisotopic (exact) mass is 636 g/mol. The Balaban J connectivity index is 0.000000473. The SMILES string of the molecule is CCCCN(C)CCCN(C)C.CCCCN(CC)CCC1CC(c2ccc3c(c2)CCO3)CN1CCC=O.CSC(=O)O. The highest BCUT2D eigenvalue weighted by atomic mass is 32.2. The fourth-order valence-electron chi connectivity index (χ4n) is 5.82. The topological polar surface area (TPSA) is 76.6 Å². The molecule has 2 aliphatic heterocycles. The molecule has 0 bridgehead atoms. The number of carbonyl (C=O) groups excluding carboxylic acids is 1. The van der Waals surface area contributed by atoms with Crippen LogP contribution in [0.3, 0.4) is 0 Å². The number of ether oxygens (including phenoxy) is 1. The van der Waals surface area contributed by atoms with Crippen molar-refractivity contribution in [1.29, 1.82) is 0 Å². The van der Waals surface area contributed by atoms with Crippen LogP contribution in [0.4, 0.5) is 4.79 Å². The van der Waals surface area contributed by atoms with Gasteiger partial charge in [-0.05, 0) is 134 Å². The van der Waals surface area contributed by atoms with Gasteiger partial charge in [-0.3, -0.25) is 4.90 Å². The van der Waals surface area contributed by atoms with Crippen molar-refractivity contribution in [1.82, 2.24) is 19.6 Å². The maximum absolute atomic E-state index is 10.9. The number of thioether (sulfide) groups is 1. The Morgan fingerprint density at radius 2 is 1.73 bits per heavy atom. The van der Waals surface area contributed by atoms with Gasteiger partial charge in [0.05, 0.1) is 6.61 Å². The third kappa shape index (κ3) is 17.2. The van der Waals surface area contributed by atoms with Crippen molar-refractivity contribution in [3.05, 3.63) is 29.3 Å². The number of unbranched alkanes of at least 4 members (excludes halogenated alkanes) is 2. The van der Waals surface area contributed by atoms with Crippen LogP contribution in [-0.4, -0.2) is 129 Å². The number of benzene rings is 1. The fraction of sp³-hybridized carbons (Fsp3) is 0.771. The molecule has 2 aliphatic rings. The van der Waals surface area contributed by atoms with Crippen molar-refractivity contribution in [2.24, 2.45) is 0 Å². The number of fused-ring (bicyclic) bond motifs is 1. The number of carbonyl (C=O) groups is 2.